The van der Waals surface area contributed by atoms with E-state index in [1.54, 1.807) is 0 Å². The molecule has 2 heterocycles. The van der Waals surface area contributed by atoms with Crippen molar-refractivity contribution in [1.82, 2.24) is 9.80 Å². The van der Waals surface area contributed by atoms with Gasteiger partial charge in [0, 0.05) is 29.2 Å². The number of likely N-dealkylation sites (tertiary alicyclic amines) is 2. The summed E-state index contributed by atoms with van der Waals surface area (Å²) >= 11 is 2.07. The highest BCUT2D eigenvalue weighted by atomic mass is 32.2. The van der Waals surface area contributed by atoms with Crippen LogP contribution in [0.25, 0.3) is 0 Å². The van der Waals surface area contributed by atoms with E-state index in [-0.39, 0.29) is 5.54 Å². The molecule has 186 valence electrons. The Hall–Kier alpha value is 0.270. The minimum absolute atomic E-state index is 0.267. The molecule has 32 heavy (non-hydrogen) atoms. The fraction of sp³-hybridized carbons (Fsp3) is 1.00. The third kappa shape index (κ3) is 4.58. The molecule has 6 unspecified atom stereocenters. The van der Waals surface area contributed by atoms with Crippen molar-refractivity contribution in [1.29, 1.82) is 0 Å². The molecular formula is C29H54N2S. The summed E-state index contributed by atoms with van der Waals surface area (Å²) in [7, 11) is 0. The van der Waals surface area contributed by atoms with E-state index >= 15 is 0 Å². The molecule has 4 rings (SSSR count). The van der Waals surface area contributed by atoms with Crippen LogP contribution in [0.5, 0.6) is 0 Å². The van der Waals surface area contributed by atoms with Gasteiger partial charge in [-0.25, -0.2) is 0 Å². The minimum Gasteiger partial charge on any atom is -0.292 e. The average molecular weight is 463 g/mol. The highest BCUT2D eigenvalue weighted by Crippen LogP contribution is 2.58. The standard InChI is InChI=1S/C29H54N2S/c1-20(32-10)30-24(13-14-29(30)15-16-29)28(8,9)19-21-11-12-22-18-25(26(2,3)4)31(23(22)17-21)27(5,6)7/h20-25H,11-19H2,1-10H3. The molecule has 6 atom stereocenters. The van der Waals surface area contributed by atoms with Gasteiger partial charge >= 0.3 is 0 Å². The maximum Gasteiger partial charge on any atom is 0.0534 e. The second kappa shape index (κ2) is 8.44. The molecule has 2 nitrogen and oxygen atoms in total. The number of thioether (sulfide) groups is 1. The molecule has 2 aliphatic heterocycles. The van der Waals surface area contributed by atoms with Crippen LogP contribution in [-0.2, 0) is 0 Å². The lowest BCUT2D eigenvalue weighted by Crippen LogP contribution is -2.54. The molecule has 2 aliphatic carbocycles. The lowest BCUT2D eigenvalue weighted by atomic mass is 9.69. The first-order valence-corrected chi connectivity index (χ1v) is 15.1. The van der Waals surface area contributed by atoms with Gasteiger partial charge in [-0.05, 0) is 108 Å². The Morgan fingerprint density at radius 1 is 0.875 bits per heavy atom. The number of hydrogen-bond donors (Lipinski definition) is 0. The van der Waals surface area contributed by atoms with Gasteiger partial charge in [0.2, 0.25) is 0 Å². The second-order valence-electron chi connectivity index (χ2n) is 14.9. The summed E-state index contributed by atoms with van der Waals surface area (Å²) in [6.45, 7) is 22.6. The molecule has 0 N–H and O–H groups in total. The van der Waals surface area contributed by atoms with Crippen molar-refractivity contribution in [3.05, 3.63) is 0 Å². The van der Waals surface area contributed by atoms with Crippen LogP contribution in [0.4, 0.5) is 0 Å². The molecule has 0 bridgehead atoms. The van der Waals surface area contributed by atoms with Gasteiger partial charge in [0.1, 0.15) is 0 Å². The normalized spacial score (nSPS) is 37.1. The van der Waals surface area contributed by atoms with E-state index in [1.165, 1.54) is 57.8 Å². The summed E-state index contributed by atoms with van der Waals surface area (Å²) in [6, 6.07) is 2.30. The van der Waals surface area contributed by atoms with Crippen molar-refractivity contribution in [2.75, 3.05) is 6.26 Å². The maximum absolute atomic E-state index is 3.00. The fourth-order valence-corrected chi connectivity index (χ4v) is 9.12. The topological polar surface area (TPSA) is 6.48 Å². The molecule has 0 radical (unpaired) electrons. The molecule has 4 fully saturated rings. The molecule has 4 aliphatic rings. The maximum atomic E-state index is 3.00. The third-order valence-electron chi connectivity index (χ3n) is 10.1. The molecule has 2 saturated heterocycles. The zero-order valence-electron chi connectivity index (χ0n) is 23.1. The van der Waals surface area contributed by atoms with E-state index in [0.29, 0.717) is 21.7 Å². The quantitative estimate of drug-likeness (QED) is 0.411. The Balaban J connectivity index is 1.49. The van der Waals surface area contributed by atoms with Crippen LogP contribution in [0.15, 0.2) is 0 Å². The summed E-state index contributed by atoms with van der Waals surface area (Å²) in [6.07, 6.45) is 15.3. The van der Waals surface area contributed by atoms with E-state index in [4.69, 9.17) is 0 Å². The van der Waals surface area contributed by atoms with Gasteiger partial charge in [-0.1, -0.05) is 41.0 Å². The van der Waals surface area contributed by atoms with E-state index in [2.05, 4.69) is 90.1 Å². The zero-order valence-corrected chi connectivity index (χ0v) is 23.9. The molecule has 0 amide bonds. The highest BCUT2D eigenvalue weighted by molar-refractivity contribution is 7.99. The summed E-state index contributed by atoms with van der Waals surface area (Å²) in [5, 5.41) is 0.666. The van der Waals surface area contributed by atoms with Crippen LogP contribution in [0.1, 0.15) is 120 Å². The minimum atomic E-state index is 0.267. The largest absolute Gasteiger partial charge is 0.292 e. The summed E-state index contributed by atoms with van der Waals surface area (Å²) in [4.78, 5) is 5.98. The van der Waals surface area contributed by atoms with Gasteiger partial charge in [-0.2, -0.15) is 0 Å². The molecule has 0 aromatic heterocycles. The number of fused-ring (bicyclic) bond motifs is 1. The monoisotopic (exact) mass is 462 g/mol. The van der Waals surface area contributed by atoms with Crippen LogP contribution in [-0.4, -0.2) is 50.6 Å². The van der Waals surface area contributed by atoms with Crippen molar-refractivity contribution < 1.29 is 0 Å². The third-order valence-corrected chi connectivity index (χ3v) is 11.0. The SMILES string of the molecule is CSC(C)N1C(C(C)(C)CC2CCC3CC(C(C)(C)C)N(C(C)(C)C)C3C2)CCC12CC2. The van der Waals surface area contributed by atoms with Crippen LogP contribution < -0.4 is 0 Å². The van der Waals surface area contributed by atoms with Crippen molar-refractivity contribution in [2.45, 2.75) is 155 Å². The number of rotatable bonds is 5. The number of hydrogen-bond acceptors (Lipinski definition) is 3. The van der Waals surface area contributed by atoms with Gasteiger partial charge in [0.25, 0.3) is 0 Å². The van der Waals surface area contributed by atoms with Crippen molar-refractivity contribution >= 4 is 11.8 Å². The Morgan fingerprint density at radius 2 is 1.53 bits per heavy atom. The van der Waals surface area contributed by atoms with Gasteiger partial charge in [-0.3, -0.25) is 9.80 Å². The van der Waals surface area contributed by atoms with Crippen LogP contribution >= 0.6 is 11.8 Å². The summed E-state index contributed by atoms with van der Waals surface area (Å²) < 4.78 is 0. The van der Waals surface area contributed by atoms with Crippen molar-refractivity contribution in [2.24, 2.45) is 22.7 Å². The first kappa shape index (κ1) is 25.4. The molecule has 0 aromatic rings. The average Bonchev–Trinajstić information content (AvgIpc) is 3.15. The fourth-order valence-electron chi connectivity index (χ4n) is 8.52. The van der Waals surface area contributed by atoms with Crippen LogP contribution in [0, 0.1) is 22.7 Å². The van der Waals surface area contributed by atoms with Crippen molar-refractivity contribution in [3.63, 3.8) is 0 Å². The predicted molar refractivity (Wildman–Crippen MR) is 142 cm³/mol. The second-order valence-corrected chi connectivity index (χ2v) is 16.1. The lowest BCUT2D eigenvalue weighted by molar-refractivity contribution is -0.00312. The van der Waals surface area contributed by atoms with E-state index in [9.17, 15) is 0 Å². The molecule has 1 spiro atoms. The predicted octanol–water partition coefficient (Wildman–Crippen LogP) is 7.81. The number of nitrogens with zero attached hydrogens (tertiary/aromatic N) is 2. The van der Waals surface area contributed by atoms with Gasteiger partial charge in [0.15, 0.2) is 0 Å². The Bertz CT molecular complexity index is 668. The first-order chi connectivity index (χ1) is 14.7. The lowest BCUT2D eigenvalue weighted by Gasteiger charge is -2.49. The highest BCUT2D eigenvalue weighted by Gasteiger charge is 2.59. The van der Waals surface area contributed by atoms with E-state index < -0.39 is 0 Å². The Kier molecular flexibility index (Phi) is 6.69. The van der Waals surface area contributed by atoms with Gasteiger partial charge in [0.05, 0.1) is 5.37 Å². The zero-order chi connectivity index (χ0) is 23.7. The Morgan fingerprint density at radius 3 is 2.06 bits per heavy atom. The summed E-state index contributed by atoms with van der Waals surface area (Å²) in [5.74, 6) is 1.82. The van der Waals surface area contributed by atoms with E-state index in [1.807, 2.05) is 0 Å². The van der Waals surface area contributed by atoms with Crippen LogP contribution in [0.2, 0.25) is 0 Å². The van der Waals surface area contributed by atoms with Gasteiger partial charge in [-0.15, -0.1) is 11.8 Å². The molecule has 2 saturated carbocycles. The molecule has 3 heteroatoms. The van der Waals surface area contributed by atoms with Gasteiger partial charge < -0.3 is 0 Å². The molecule has 0 aromatic carbocycles. The molecular weight excluding hydrogens is 408 g/mol. The first-order valence-electron chi connectivity index (χ1n) is 13.8. The Labute approximate surface area is 205 Å². The smallest absolute Gasteiger partial charge is 0.0534 e. The van der Waals surface area contributed by atoms with Crippen molar-refractivity contribution in [3.8, 4) is 0 Å². The summed E-state index contributed by atoms with van der Waals surface area (Å²) in [5.41, 5.74) is 1.64. The van der Waals surface area contributed by atoms with E-state index in [0.717, 1.165) is 30.0 Å². The van der Waals surface area contributed by atoms with Crippen LogP contribution in [0.3, 0.4) is 0 Å².